The van der Waals surface area contributed by atoms with Gasteiger partial charge in [-0.15, -0.1) is 0 Å². The minimum absolute atomic E-state index is 0.0654. The first kappa shape index (κ1) is 15.4. The van der Waals surface area contributed by atoms with Gasteiger partial charge in [-0.05, 0) is 47.0 Å². The van der Waals surface area contributed by atoms with Crippen LogP contribution in [0.2, 0.25) is 0 Å². The molecule has 0 unspecified atom stereocenters. The third-order valence-electron chi connectivity index (χ3n) is 4.63. The lowest BCUT2D eigenvalue weighted by atomic mass is 10.0. The topological polar surface area (TPSA) is 52.9 Å². The maximum atomic E-state index is 11.6. The maximum Gasteiger partial charge on any atom is 0.223 e. The van der Waals surface area contributed by atoms with E-state index in [2.05, 4.69) is 4.99 Å². The first-order valence-corrected chi connectivity index (χ1v) is 8.29. The summed E-state index contributed by atoms with van der Waals surface area (Å²) in [4.78, 5) is 18.0. The fourth-order valence-electron chi connectivity index (χ4n) is 3.35. The second-order valence-corrected chi connectivity index (χ2v) is 6.21. The Kier molecular flexibility index (Phi) is 3.73. The summed E-state index contributed by atoms with van der Waals surface area (Å²) in [7, 11) is 0. The Morgan fingerprint density at radius 1 is 1.16 bits per heavy atom. The van der Waals surface area contributed by atoms with Crippen LogP contribution in [0.3, 0.4) is 0 Å². The largest absolute Gasteiger partial charge is 0.507 e. The minimum atomic E-state index is 0.0654. The number of hydrogen-bond donors (Lipinski definition) is 1. The monoisotopic (exact) mass is 330 g/mol. The number of carbonyl (C=O) groups is 1. The number of hydrogen-bond acceptors (Lipinski definition) is 3. The quantitative estimate of drug-likeness (QED) is 0.716. The van der Waals surface area contributed by atoms with Crippen LogP contribution in [0.4, 0.5) is 11.4 Å². The van der Waals surface area contributed by atoms with Crippen molar-refractivity contribution in [2.45, 2.75) is 13.3 Å². The lowest BCUT2D eigenvalue weighted by Crippen LogP contribution is -2.25. The van der Waals surface area contributed by atoms with Crippen molar-refractivity contribution in [3.05, 3.63) is 65.7 Å². The molecular formula is C21H18N2O2. The first-order chi connectivity index (χ1) is 12.1. The van der Waals surface area contributed by atoms with E-state index < -0.39 is 0 Å². The summed E-state index contributed by atoms with van der Waals surface area (Å²) in [6, 6.07) is 17.4. The standard InChI is InChI=1S/C21H18N2O2/c1-14(24)23-11-10-16-12-17(7-8-20(16)23)22-13-19-18-5-3-2-4-15(18)6-9-21(19)25/h2-9,12-13,25H,10-11H2,1H3. The van der Waals surface area contributed by atoms with Gasteiger partial charge in [0.05, 0.1) is 5.69 Å². The highest BCUT2D eigenvalue weighted by Crippen LogP contribution is 2.32. The Balaban J connectivity index is 1.70. The Bertz CT molecular complexity index is 1010. The van der Waals surface area contributed by atoms with Crippen molar-refractivity contribution >= 4 is 34.3 Å². The fourth-order valence-corrected chi connectivity index (χ4v) is 3.35. The average Bonchev–Trinajstić information content (AvgIpc) is 3.04. The zero-order valence-electron chi connectivity index (χ0n) is 13.9. The van der Waals surface area contributed by atoms with Crippen LogP contribution in [-0.2, 0) is 11.2 Å². The average molecular weight is 330 g/mol. The van der Waals surface area contributed by atoms with E-state index in [9.17, 15) is 9.90 Å². The molecular weight excluding hydrogens is 312 g/mol. The number of benzene rings is 3. The number of aromatic hydroxyl groups is 1. The number of rotatable bonds is 2. The summed E-state index contributed by atoms with van der Waals surface area (Å²) in [5, 5.41) is 12.2. The van der Waals surface area contributed by atoms with Gasteiger partial charge in [-0.2, -0.15) is 0 Å². The number of anilines is 1. The van der Waals surface area contributed by atoms with Crippen LogP contribution >= 0.6 is 0 Å². The summed E-state index contributed by atoms with van der Waals surface area (Å²) >= 11 is 0. The summed E-state index contributed by atoms with van der Waals surface area (Å²) in [6.45, 7) is 2.31. The molecule has 1 N–H and O–H groups in total. The molecule has 1 aliphatic heterocycles. The van der Waals surface area contributed by atoms with Gasteiger partial charge >= 0.3 is 0 Å². The van der Waals surface area contributed by atoms with Gasteiger partial charge in [0.15, 0.2) is 0 Å². The Hall–Kier alpha value is -3.14. The highest BCUT2D eigenvalue weighted by Gasteiger charge is 2.21. The van der Waals surface area contributed by atoms with Crippen molar-refractivity contribution in [1.29, 1.82) is 0 Å². The molecule has 3 aromatic carbocycles. The van der Waals surface area contributed by atoms with Gasteiger partial charge in [0.25, 0.3) is 0 Å². The second-order valence-electron chi connectivity index (χ2n) is 6.21. The van der Waals surface area contributed by atoms with E-state index in [0.717, 1.165) is 40.7 Å². The van der Waals surface area contributed by atoms with E-state index in [-0.39, 0.29) is 11.7 Å². The van der Waals surface area contributed by atoms with Gasteiger partial charge < -0.3 is 10.0 Å². The zero-order valence-corrected chi connectivity index (χ0v) is 13.9. The van der Waals surface area contributed by atoms with Crippen molar-refractivity contribution in [1.82, 2.24) is 0 Å². The van der Waals surface area contributed by atoms with E-state index in [1.54, 1.807) is 24.1 Å². The zero-order chi connectivity index (χ0) is 17.4. The predicted molar refractivity (Wildman–Crippen MR) is 101 cm³/mol. The summed E-state index contributed by atoms with van der Waals surface area (Å²) in [5.41, 5.74) is 3.63. The van der Waals surface area contributed by atoms with Crippen molar-refractivity contribution in [3.8, 4) is 5.75 Å². The van der Waals surface area contributed by atoms with Crippen molar-refractivity contribution in [2.75, 3.05) is 11.4 Å². The second kappa shape index (κ2) is 6.06. The molecule has 4 rings (SSSR count). The van der Waals surface area contributed by atoms with Gasteiger partial charge in [-0.1, -0.05) is 30.3 Å². The molecule has 0 saturated carbocycles. The van der Waals surface area contributed by atoms with Gasteiger partial charge in [0.1, 0.15) is 5.75 Å². The number of fused-ring (bicyclic) bond motifs is 2. The number of aliphatic imine (C=N–C) groups is 1. The molecule has 0 aliphatic carbocycles. The van der Waals surface area contributed by atoms with Crippen LogP contribution in [0.25, 0.3) is 10.8 Å². The van der Waals surface area contributed by atoms with Gasteiger partial charge in [-0.3, -0.25) is 9.79 Å². The molecule has 0 fully saturated rings. The lowest BCUT2D eigenvalue weighted by Gasteiger charge is -2.14. The number of carbonyl (C=O) groups excluding carboxylic acids is 1. The highest BCUT2D eigenvalue weighted by atomic mass is 16.3. The summed E-state index contributed by atoms with van der Waals surface area (Å²) < 4.78 is 0. The van der Waals surface area contributed by atoms with Crippen LogP contribution < -0.4 is 4.90 Å². The predicted octanol–water partition coefficient (Wildman–Crippen LogP) is 4.21. The molecule has 0 saturated heterocycles. The van der Waals surface area contributed by atoms with E-state index >= 15 is 0 Å². The minimum Gasteiger partial charge on any atom is -0.507 e. The van der Waals surface area contributed by atoms with Crippen molar-refractivity contribution in [3.63, 3.8) is 0 Å². The van der Waals surface area contributed by atoms with E-state index in [0.29, 0.717) is 5.56 Å². The molecule has 124 valence electrons. The third kappa shape index (κ3) is 2.76. The molecule has 0 spiro atoms. The van der Waals surface area contributed by atoms with Crippen LogP contribution in [0.15, 0.2) is 59.6 Å². The molecule has 4 nitrogen and oxygen atoms in total. The maximum absolute atomic E-state index is 11.6. The van der Waals surface area contributed by atoms with Crippen molar-refractivity contribution in [2.24, 2.45) is 4.99 Å². The van der Waals surface area contributed by atoms with E-state index in [1.807, 2.05) is 48.5 Å². The van der Waals surface area contributed by atoms with E-state index in [1.165, 1.54) is 0 Å². The fraction of sp³-hybridized carbons (Fsp3) is 0.143. The molecule has 1 amide bonds. The Labute approximate surface area is 146 Å². The molecule has 4 heteroatoms. The number of nitrogens with zero attached hydrogens (tertiary/aromatic N) is 2. The molecule has 25 heavy (non-hydrogen) atoms. The smallest absolute Gasteiger partial charge is 0.223 e. The van der Waals surface area contributed by atoms with Gasteiger partial charge in [0.2, 0.25) is 5.91 Å². The molecule has 0 atom stereocenters. The Morgan fingerprint density at radius 3 is 2.84 bits per heavy atom. The third-order valence-corrected chi connectivity index (χ3v) is 4.63. The van der Waals surface area contributed by atoms with Crippen LogP contribution in [0, 0.1) is 0 Å². The number of amides is 1. The molecule has 3 aromatic rings. The summed E-state index contributed by atoms with van der Waals surface area (Å²) in [5.74, 6) is 0.280. The van der Waals surface area contributed by atoms with Gasteiger partial charge in [0, 0.05) is 30.9 Å². The van der Waals surface area contributed by atoms with Crippen LogP contribution in [0.5, 0.6) is 5.75 Å². The molecule has 0 bridgehead atoms. The Morgan fingerprint density at radius 2 is 2.00 bits per heavy atom. The highest BCUT2D eigenvalue weighted by molar-refractivity contribution is 6.03. The molecule has 1 heterocycles. The number of phenols is 1. The van der Waals surface area contributed by atoms with Gasteiger partial charge in [-0.25, -0.2) is 0 Å². The molecule has 1 aliphatic rings. The first-order valence-electron chi connectivity index (χ1n) is 8.29. The van der Waals surface area contributed by atoms with E-state index in [4.69, 9.17) is 0 Å². The number of phenolic OH excluding ortho intramolecular Hbond substituents is 1. The van der Waals surface area contributed by atoms with Crippen LogP contribution in [0.1, 0.15) is 18.1 Å². The molecule has 0 aromatic heterocycles. The summed E-state index contributed by atoms with van der Waals surface area (Å²) in [6.07, 6.45) is 2.55. The normalized spacial score (nSPS) is 13.6. The molecule has 0 radical (unpaired) electrons. The SMILES string of the molecule is CC(=O)N1CCc2cc(N=Cc3c(O)ccc4ccccc34)ccc21. The van der Waals surface area contributed by atoms with Crippen molar-refractivity contribution < 1.29 is 9.90 Å². The van der Waals surface area contributed by atoms with Crippen LogP contribution in [-0.4, -0.2) is 23.8 Å². The lowest BCUT2D eigenvalue weighted by molar-refractivity contribution is -0.116.